The Morgan fingerprint density at radius 1 is 1.00 bits per heavy atom. The van der Waals surface area contributed by atoms with Crippen LogP contribution in [0.25, 0.3) is 0 Å². The molecule has 0 amide bonds. The summed E-state index contributed by atoms with van der Waals surface area (Å²) in [4.78, 5) is 15.9. The standard InChI is InChI=1S/C22H37NO2/c1-18(2)8-5-9-19(3)10-6-11-20(4)13-14-22(24)25-17-21-12-7-15-23-16-21/h7,12,15-16,18-20H,5-6,8-11,13-14,17H2,1-4H3. The van der Waals surface area contributed by atoms with Gasteiger partial charge in [0.05, 0.1) is 0 Å². The minimum atomic E-state index is -0.0993. The van der Waals surface area contributed by atoms with E-state index in [4.69, 9.17) is 4.74 Å². The molecule has 2 atom stereocenters. The molecule has 1 aromatic heterocycles. The summed E-state index contributed by atoms with van der Waals surface area (Å²) in [5.74, 6) is 2.15. The van der Waals surface area contributed by atoms with Gasteiger partial charge in [0.25, 0.3) is 0 Å². The average molecular weight is 348 g/mol. The molecule has 1 rings (SSSR count). The number of pyridine rings is 1. The second-order valence-electron chi connectivity index (χ2n) is 8.03. The molecule has 25 heavy (non-hydrogen) atoms. The first-order valence-electron chi connectivity index (χ1n) is 10.0. The Labute approximate surface area is 154 Å². The van der Waals surface area contributed by atoms with Crippen molar-refractivity contribution < 1.29 is 9.53 Å². The van der Waals surface area contributed by atoms with Gasteiger partial charge >= 0.3 is 5.97 Å². The predicted octanol–water partition coefficient (Wildman–Crippen LogP) is 6.17. The maximum atomic E-state index is 11.8. The summed E-state index contributed by atoms with van der Waals surface area (Å²) in [6, 6.07) is 3.78. The highest BCUT2D eigenvalue weighted by Gasteiger charge is 2.10. The summed E-state index contributed by atoms with van der Waals surface area (Å²) in [5, 5.41) is 0. The Morgan fingerprint density at radius 3 is 2.24 bits per heavy atom. The van der Waals surface area contributed by atoms with Crippen LogP contribution < -0.4 is 0 Å². The summed E-state index contributed by atoms with van der Waals surface area (Å²) in [5.41, 5.74) is 0.940. The fraction of sp³-hybridized carbons (Fsp3) is 0.727. The average Bonchev–Trinajstić information content (AvgIpc) is 2.58. The SMILES string of the molecule is CC(C)CCCC(C)CCCC(C)CCC(=O)OCc1cccnc1. The third-order valence-corrected chi connectivity index (χ3v) is 4.84. The van der Waals surface area contributed by atoms with Crippen molar-refractivity contribution in [3.63, 3.8) is 0 Å². The Kier molecular flexibility index (Phi) is 11.2. The first kappa shape index (κ1) is 21.7. The molecule has 0 radical (unpaired) electrons. The molecule has 142 valence electrons. The van der Waals surface area contributed by atoms with Crippen LogP contribution in [-0.2, 0) is 16.1 Å². The van der Waals surface area contributed by atoms with Crippen molar-refractivity contribution in [3.8, 4) is 0 Å². The van der Waals surface area contributed by atoms with Gasteiger partial charge in [-0.15, -0.1) is 0 Å². The van der Waals surface area contributed by atoms with E-state index in [1.807, 2.05) is 12.1 Å². The van der Waals surface area contributed by atoms with Crippen molar-refractivity contribution in [1.82, 2.24) is 4.98 Å². The Balaban J connectivity index is 2.04. The fourth-order valence-electron chi connectivity index (χ4n) is 3.06. The van der Waals surface area contributed by atoms with Crippen LogP contribution in [0.1, 0.15) is 84.6 Å². The fourth-order valence-corrected chi connectivity index (χ4v) is 3.06. The van der Waals surface area contributed by atoms with E-state index < -0.39 is 0 Å². The summed E-state index contributed by atoms with van der Waals surface area (Å²) >= 11 is 0. The van der Waals surface area contributed by atoms with Crippen LogP contribution in [-0.4, -0.2) is 11.0 Å². The number of esters is 1. The Bertz CT molecular complexity index is 458. The number of carbonyl (C=O) groups excluding carboxylic acids is 1. The van der Waals surface area contributed by atoms with Gasteiger partial charge in [-0.1, -0.05) is 72.3 Å². The Morgan fingerprint density at radius 2 is 1.64 bits per heavy atom. The maximum absolute atomic E-state index is 11.8. The van der Waals surface area contributed by atoms with Crippen molar-refractivity contribution in [2.24, 2.45) is 17.8 Å². The van der Waals surface area contributed by atoms with Gasteiger partial charge in [0, 0.05) is 24.4 Å². The van der Waals surface area contributed by atoms with Crippen molar-refractivity contribution in [2.75, 3.05) is 0 Å². The van der Waals surface area contributed by atoms with Crippen molar-refractivity contribution in [1.29, 1.82) is 0 Å². The Hall–Kier alpha value is -1.38. The normalized spacial score (nSPS) is 13.6. The minimum absolute atomic E-state index is 0.0993. The van der Waals surface area contributed by atoms with Crippen molar-refractivity contribution >= 4 is 5.97 Å². The van der Waals surface area contributed by atoms with E-state index in [2.05, 4.69) is 32.7 Å². The van der Waals surface area contributed by atoms with E-state index in [-0.39, 0.29) is 5.97 Å². The second kappa shape index (κ2) is 12.9. The minimum Gasteiger partial charge on any atom is -0.461 e. The highest BCUT2D eigenvalue weighted by atomic mass is 16.5. The molecule has 1 aromatic rings. The molecule has 0 aliphatic rings. The zero-order chi connectivity index (χ0) is 18.5. The smallest absolute Gasteiger partial charge is 0.306 e. The molecule has 0 N–H and O–H groups in total. The third-order valence-electron chi connectivity index (χ3n) is 4.84. The summed E-state index contributed by atoms with van der Waals surface area (Å²) in [6.45, 7) is 9.55. The lowest BCUT2D eigenvalue weighted by Crippen LogP contribution is -2.07. The van der Waals surface area contributed by atoms with Crippen molar-refractivity contribution in [2.45, 2.75) is 85.7 Å². The lowest BCUT2D eigenvalue weighted by molar-refractivity contribution is -0.145. The van der Waals surface area contributed by atoms with Crippen LogP contribution in [0, 0.1) is 17.8 Å². The van der Waals surface area contributed by atoms with Crippen LogP contribution in [0.15, 0.2) is 24.5 Å². The van der Waals surface area contributed by atoms with Gasteiger partial charge in [-0.3, -0.25) is 9.78 Å². The molecular formula is C22H37NO2. The molecule has 0 fully saturated rings. The number of ether oxygens (including phenoxy) is 1. The predicted molar refractivity (Wildman–Crippen MR) is 104 cm³/mol. The van der Waals surface area contributed by atoms with Crippen LogP contribution in [0.2, 0.25) is 0 Å². The summed E-state index contributed by atoms with van der Waals surface area (Å²) in [7, 11) is 0. The van der Waals surface area contributed by atoms with Gasteiger partial charge < -0.3 is 4.74 Å². The summed E-state index contributed by atoms with van der Waals surface area (Å²) < 4.78 is 5.31. The molecular weight excluding hydrogens is 310 g/mol. The number of hydrogen-bond acceptors (Lipinski definition) is 3. The third kappa shape index (κ3) is 11.7. The lowest BCUT2D eigenvalue weighted by Gasteiger charge is -2.15. The highest BCUT2D eigenvalue weighted by molar-refractivity contribution is 5.69. The highest BCUT2D eigenvalue weighted by Crippen LogP contribution is 2.21. The molecule has 0 saturated heterocycles. The van der Waals surface area contributed by atoms with Gasteiger partial charge in [0.1, 0.15) is 6.61 Å². The largest absolute Gasteiger partial charge is 0.461 e. The first-order chi connectivity index (χ1) is 12.0. The van der Waals surface area contributed by atoms with Crippen LogP contribution in [0.3, 0.4) is 0 Å². The summed E-state index contributed by atoms with van der Waals surface area (Å²) in [6.07, 6.45) is 12.8. The number of aromatic nitrogens is 1. The monoisotopic (exact) mass is 347 g/mol. The van der Waals surface area contributed by atoms with Gasteiger partial charge in [-0.05, 0) is 30.2 Å². The molecule has 2 unspecified atom stereocenters. The topological polar surface area (TPSA) is 39.2 Å². The van der Waals surface area contributed by atoms with Crippen LogP contribution in [0.4, 0.5) is 0 Å². The van der Waals surface area contributed by atoms with E-state index in [0.29, 0.717) is 18.9 Å². The molecule has 3 nitrogen and oxygen atoms in total. The zero-order valence-electron chi connectivity index (χ0n) is 16.7. The van der Waals surface area contributed by atoms with Gasteiger partial charge in [0.15, 0.2) is 0 Å². The number of carbonyl (C=O) groups is 1. The molecule has 0 bridgehead atoms. The van der Waals surface area contributed by atoms with E-state index >= 15 is 0 Å². The van der Waals surface area contributed by atoms with Crippen LogP contribution >= 0.6 is 0 Å². The van der Waals surface area contributed by atoms with E-state index in [0.717, 1.165) is 23.8 Å². The molecule has 3 heteroatoms. The number of nitrogens with zero attached hydrogens (tertiary/aromatic N) is 1. The van der Waals surface area contributed by atoms with Gasteiger partial charge in [-0.2, -0.15) is 0 Å². The van der Waals surface area contributed by atoms with E-state index in [9.17, 15) is 4.79 Å². The molecule has 0 aromatic carbocycles. The van der Waals surface area contributed by atoms with Gasteiger partial charge in [0.2, 0.25) is 0 Å². The number of rotatable bonds is 13. The first-order valence-corrected chi connectivity index (χ1v) is 10.0. The van der Waals surface area contributed by atoms with Crippen molar-refractivity contribution in [3.05, 3.63) is 30.1 Å². The number of hydrogen-bond donors (Lipinski definition) is 0. The molecule has 0 aliphatic heterocycles. The second-order valence-corrected chi connectivity index (χ2v) is 8.03. The zero-order valence-corrected chi connectivity index (χ0v) is 16.7. The molecule has 0 aliphatic carbocycles. The quantitative estimate of drug-likeness (QED) is 0.400. The molecule has 0 saturated carbocycles. The van der Waals surface area contributed by atoms with E-state index in [1.54, 1.807) is 12.4 Å². The van der Waals surface area contributed by atoms with E-state index in [1.165, 1.54) is 38.5 Å². The van der Waals surface area contributed by atoms with Gasteiger partial charge in [-0.25, -0.2) is 0 Å². The lowest BCUT2D eigenvalue weighted by atomic mass is 9.92. The molecule has 0 spiro atoms. The molecule has 1 heterocycles. The van der Waals surface area contributed by atoms with Crippen LogP contribution in [0.5, 0.6) is 0 Å². The maximum Gasteiger partial charge on any atom is 0.306 e.